The first-order valence-corrected chi connectivity index (χ1v) is 7.12. The van der Waals surface area contributed by atoms with Crippen LogP contribution in [0.4, 0.5) is 5.69 Å². The van der Waals surface area contributed by atoms with Crippen molar-refractivity contribution in [2.45, 2.75) is 59.7 Å². The molecule has 0 fully saturated rings. The zero-order valence-corrected chi connectivity index (χ0v) is 12.9. The normalized spacial score (nSPS) is 19.1. The van der Waals surface area contributed by atoms with Crippen molar-refractivity contribution >= 4 is 5.69 Å². The van der Waals surface area contributed by atoms with Crippen LogP contribution in [0.1, 0.15) is 51.8 Å². The van der Waals surface area contributed by atoms with E-state index in [0.29, 0.717) is 18.1 Å². The maximum absolute atomic E-state index is 4.59. The average molecular weight is 259 g/mol. The molecule has 0 unspecified atom stereocenters. The van der Waals surface area contributed by atoms with Crippen LogP contribution in [-0.4, -0.2) is 22.1 Å². The summed E-state index contributed by atoms with van der Waals surface area (Å²) in [5.74, 6) is 0.478. The summed E-state index contributed by atoms with van der Waals surface area (Å²) >= 11 is 0. The number of hydrogen-bond acceptors (Lipinski definition) is 3. The highest BCUT2D eigenvalue weighted by molar-refractivity contribution is 5.56. The summed E-state index contributed by atoms with van der Waals surface area (Å²) in [5, 5.41) is 0. The predicted molar refractivity (Wildman–Crippen MR) is 81.1 cm³/mol. The van der Waals surface area contributed by atoms with Crippen molar-refractivity contribution in [3.8, 4) is 0 Å². The lowest BCUT2D eigenvalue weighted by molar-refractivity contribution is 0.263. The Bertz CT molecular complexity index is 477. The van der Waals surface area contributed by atoms with Gasteiger partial charge in [0.2, 0.25) is 0 Å². The minimum atomic E-state index is 0.352. The molecule has 1 aliphatic rings. The Morgan fingerprint density at radius 3 is 2.32 bits per heavy atom. The van der Waals surface area contributed by atoms with Gasteiger partial charge < -0.3 is 9.80 Å². The molecule has 0 aromatic carbocycles. The largest absolute Gasteiger partial charge is 0.353 e. The lowest BCUT2D eigenvalue weighted by Crippen LogP contribution is -2.39. The molecule has 1 aliphatic heterocycles. The fourth-order valence-electron chi connectivity index (χ4n) is 2.58. The quantitative estimate of drug-likeness (QED) is 0.821. The Hall–Kier alpha value is -1.51. The van der Waals surface area contributed by atoms with Crippen LogP contribution >= 0.6 is 0 Å². The lowest BCUT2D eigenvalue weighted by atomic mass is 10.1. The highest BCUT2D eigenvalue weighted by atomic mass is 15.4. The van der Waals surface area contributed by atoms with Crippen molar-refractivity contribution < 1.29 is 0 Å². The topological polar surface area (TPSA) is 19.4 Å². The zero-order valence-electron chi connectivity index (χ0n) is 12.9. The fourth-order valence-corrected chi connectivity index (χ4v) is 2.58. The van der Waals surface area contributed by atoms with E-state index < -0.39 is 0 Å². The van der Waals surface area contributed by atoms with Gasteiger partial charge in [0.1, 0.15) is 6.17 Å². The van der Waals surface area contributed by atoms with E-state index in [0.717, 1.165) is 5.69 Å². The molecule has 0 radical (unpaired) electrons. The second-order valence-corrected chi connectivity index (χ2v) is 5.93. The zero-order chi connectivity index (χ0) is 14.2. The number of aromatic nitrogens is 1. The third-order valence-corrected chi connectivity index (χ3v) is 3.80. The van der Waals surface area contributed by atoms with Crippen molar-refractivity contribution in [2.24, 2.45) is 0 Å². The van der Waals surface area contributed by atoms with Crippen LogP contribution in [0.3, 0.4) is 0 Å². The van der Waals surface area contributed by atoms with Crippen LogP contribution in [0, 0.1) is 6.92 Å². The van der Waals surface area contributed by atoms with Gasteiger partial charge in [-0.1, -0.05) is 13.8 Å². The summed E-state index contributed by atoms with van der Waals surface area (Å²) in [6.45, 7) is 13.2. The molecule has 3 heteroatoms. The van der Waals surface area contributed by atoms with Crippen LogP contribution in [0.5, 0.6) is 0 Å². The molecule has 0 N–H and O–H groups in total. The van der Waals surface area contributed by atoms with E-state index in [1.807, 2.05) is 6.20 Å². The molecule has 19 heavy (non-hydrogen) atoms. The number of nitrogens with zero attached hydrogens (tertiary/aromatic N) is 3. The first-order chi connectivity index (χ1) is 8.91. The van der Waals surface area contributed by atoms with Gasteiger partial charge in [-0.3, -0.25) is 4.98 Å². The maximum atomic E-state index is 4.59. The number of aryl methyl sites for hydroxylation is 1. The first kappa shape index (κ1) is 13.9. The van der Waals surface area contributed by atoms with Crippen LogP contribution in [0.15, 0.2) is 24.7 Å². The van der Waals surface area contributed by atoms with E-state index in [1.165, 1.54) is 11.3 Å². The summed E-state index contributed by atoms with van der Waals surface area (Å²) in [4.78, 5) is 9.25. The smallest absolute Gasteiger partial charge is 0.103 e. The molecular formula is C16H25N3. The van der Waals surface area contributed by atoms with Gasteiger partial charge in [-0.05, 0) is 45.2 Å². The highest BCUT2D eigenvalue weighted by Gasteiger charge is 2.26. The average Bonchev–Trinajstić information content (AvgIpc) is 2.71. The van der Waals surface area contributed by atoms with E-state index in [4.69, 9.17) is 0 Å². The van der Waals surface area contributed by atoms with Crippen LogP contribution in [0.2, 0.25) is 0 Å². The number of anilines is 1. The Balaban J connectivity index is 2.27. The standard InChI is InChI=1S/C16H25N3/c1-11(2)15-9-13(5)16(10-17-15)19-8-7-18(12(3)4)14(19)6/h7-12,14H,1-6H3/t14-/m1/s1. The van der Waals surface area contributed by atoms with Gasteiger partial charge in [-0.15, -0.1) is 0 Å². The van der Waals surface area contributed by atoms with Gasteiger partial charge >= 0.3 is 0 Å². The third kappa shape index (κ3) is 2.60. The van der Waals surface area contributed by atoms with Crippen molar-refractivity contribution in [1.29, 1.82) is 0 Å². The summed E-state index contributed by atoms with van der Waals surface area (Å²) in [6, 6.07) is 2.72. The first-order valence-electron chi connectivity index (χ1n) is 7.12. The molecule has 0 saturated carbocycles. The van der Waals surface area contributed by atoms with E-state index >= 15 is 0 Å². The molecule has 1 aromatic rings. The van der Waals surface area contributed by atoms with E-state index in [1.54, 1.807) is 0 Å². The van der Waals surface area contributed by atoms with E-state index in [2.05, 4.69) is 74.8 Å². The van der Waals surface area contributed by atoms with Crippen molar-refractivity contribution in [1.82, 2.24) is 9.88 Å². The number of pyridine rings is 1. The molecule has 0 aliphatic carbocycles. The third-order valence-electron chi connectivity index (χ3n) is 3.80. The van der Waals surface area contributed by atoms with Crippen LogP contribution in [0.25, 0.3) is 0 Å². The van der Waals surface area contributed by atoms with Crippen LogP contribution < -0.4 is 4.90 Å². The molecule has 1 aromatic heterocycles. The summed E-state index contributed by atoms with van der Waals surface area (Å²) < 4.78 is 0. The van der Waals surface area contributed by atoms with Crippen molar-refractivity contribution in [3.05, 3.63) is 35.9 Å². The second-order valence-electron chi connectivity index (χ2n) is 5.93. The van der Waals surface area contributed by atoms with Crippen molar-refractivity contribution in [2.75, 3.05) is 4.90 Å². The molecule has 1 atom stereocenters. The van der Waals surface area contributed by atoms with E-state index in [9.17, 15) is 0 Å². The minimum absolute atomic E-state index is 0.352. The molecule has 3 nitrogen and oxygen atoms in total. The molecule has 104 valence electrons. The lowest BCUT2D eigenvalue weighted by Gasteiger charge is -2.33. The molecule has 2 rings (SSSR count). The highest BCUT2D eigenvalue weighted by Crippen LogP contribution is 2.29. The monoisotopic (exact) mass is 259 g/mol. The molecule has 0 saturated heterocycles. The van der Waals surface area contributed by atoms with Gasteiger partial charge in [0.15, 0.2) is 0 Å². The van der Waals surface area contributed by atoms with Gasteiger partial charge in [0, 0.05) is 24.1 Å². The summed E-state index contributed by atoms with van der Waals surface area (Å²) in [6.07, 6.45) is 6.69. The molecule has 0 spiro atoms. The Morgan fingerprint density at radius 1 is 1.16 bits per heavy atom. The SMILES string of the molecule is Cc1cc(C(C)C)ncc1N1C=CN(C(C)C)[C@H]1C. The van der Waals surface area contributed by atoms with Gasteiger partial charge in [0.25, 0.3) is 0 Å². The summed E-state index contributed by atoms with van der Waals surface area (Å²) in [7, 11) is 0. The van der Waals surface area contributed by atoms with E-state index in [-0.39, 0.29) is 0 Å². The Kier molecular flexibility index (Phi) is 3.83. The Morgan fingerprint density at radius 2 is 1.84 bits per heavy atom. The molecule has 2 heterocycles. The molecule has 0 bridgehead atoms. The van der Waals surface area contributed by atoms with Crippen LogP contribution in [-0.2, 0) is 0 Å². The summed E-state index contributed by atoms with van der Waals surface area (Å²) in [5.41, 5.74) is 3.66. The fraction of sp³-hybridized carbons (Fsp3) is 0.562. The Labute approximate surface area is 116 Å². The van der Waals surface area contributed by atoms with Crippen molar-refractivity contribution in [3.63, 3.8) is 0 Å². The van der Waals surface area contributed by atoms with Gasteiger partial charge in [-0.2, -0.15) is 0 Å². The molecular weight excluding hydrogens is 234 g/mol. The number of rotatable bonds is 3. The number of hydrogen-bond donors (Lipinski definition) is 0. The van der Waals surface area contributed by atoms with Gasteiger partial charge in [-0.25, -0.2) is 0 Å². The van der Waals surface area contributed by atoms with Gasteiger partial charge in [0.05, 0.1) is 11.9 Å². The maximum Gasteiger partial charge on any atom is 0.103 e. The predicted octanol–water partition coefficient (Wildman–Crippen LogP) is 3.86. The minimum Gasteiger partial charge on any atom is -0.353 e. The second kappa shape index (κ2) is 5.24. The molecule has 0 amide bonds.